The standard InChI is InChI=1S/C9H13.C5H5.2CH3.2ClH.H2Si.Zr/c1-6-5-7(2)9(4)8(6)3;1-2-4-5-3-1;;;;;;/h6H,1-4H3;1-3H,4H2;2*1H3;2*1H;1H2;. The van der Waals surface area contributed by atoms with Crippen LogP contribution >= 0.6 is 24.8 Å². The van der Waals surface area contributed by atoms with Crippen LogP contribution in [0, 0.1) is 5.92 Å². The Balaban J connectivity index is 0.00000180. The van der Waals surface area contributed by atoms with Crippen molar-refractivity contribution < 1.29 is 17.4 Å². The van der Waals surface area contributed by atoms with E-state index < -0.39 is 17.4 Å². The molecule has 0 nitrogen and oxygen atoms in total. The Labute approximate surface area is 139 Å². The summed E-state index contributed by atoms with van der Waals surface area (Å²) in [6.45, 7) is 11.8. The van der Waals surface area contributed by atoms with Crippen LogP contribution in [0.1, 0.15) is 34.1 Å². The first-order valence-corrected chi connectivity index (χ1v) is 20.3. The van der Waals surface area contributed by atoms with Gasteiger partial charge >= 0.3 is 115 Å². The molecule has 0 fully saturated rings. The molecule has 1 atom stereocenters. The average molecular weight is 411 g/mol. The molecular weight excluding hydrogens is 382 g/mol. The molecule has 2 aliphatic rings. The minimum atomic E-state index is -2.86. The largest absolute Gasteiger partial charge is 0.147 e. The third-order valence-electron chi connectivity index (χ3n) is 5.31. The minimum Gasteiger partial charge on any atom is -0.147 e. The van der Waals surface area contributed by atoms with E-state index in [1.165, 1.54) is 6.42 Å². The van der Waals surface area contributed by atoms with Gasteiger partial charge in [0.15, 0.2) is 0 Å². The number of allylic oxidation sites excluding steroid dienone is 8. The number of halogens is 2. The van der Waals surface area contributed by atoms with Crippen LogP contribution in [-0.4, -0.2) is 6.88 Å². The smallest absolute Gasteiger partial charge is 0.147 e. The van der Waals surface area contributed by atoms with Crippen molar-refractivity contribution in [1.29, 1.82) is 0 Å². The van der Waals surface area contributed by atoms with Gasteiger partial charge in [-0.2, -0.15) is 0 Å². The fourth-order valence-electron chi connectivity index (χ4n) is 3.87. The maximum atomic E-state index is 2.62. The van der Waals surface area contributed by atoms with Gasteiger partial charge in [0.2, 0.25) is 0 Å². The van der Waals surface area contributed by atoms with Crippen LogP contribution < -0.4 is 0 Å². The van der Waals surface area contributed by atoms with Crippen molar-refractivity contribution in [3.05, 3.63) is 41.5 Å². The van der Waals surface area contributed by atoms with Crippen LogP contribution in [0.4, 0.5) is 0 Å². The molecule has 20 heavy (non-hydrogen) atoms. The molecule has 0 aromatic rings. The molecule has 4 heteroatoms. The van der Waals surface area contributed by atoms with Crippen LogP contribution in [0.3, 0.4) is 0 Å². The topological polar surface area (TPSA) is 0 Å². The fourth-order valence-corrected chi connectivity index (χ4v) is 20.5. The SMILES string of the molecule is CC1=C(C)C(C)[C]([Zr]([CH3])([CH3])(=[SiH2])[C]2=CC=CC2)=C1C.Cl.Cl. The minimum absolute atomic E-state index is 0. The molecule has 0 N–H and O–H groups in total. The normalized spacial score (nSPS) is 22.8. The first kappa shape index (κ1) is 20.6. The molecule has 0 heterocycles. The third kappa shape index (κ3) is 3.05. The molecular formula is C16H28Cl2SiZr. The van der Waals surface area contributed by atoms with E-state index in [4.69, 9.17) is 0 Å². The molecule has 0 bridgehead atoms. The van der Waals surface area contributed by atoms with Gasteiger partial charge in [-0.1, -0.05) is 0 Å². The van der Waals surface area contributed by atoms with Gasteiger partial charge in [-0.15, -0.1) is 24.8 Å². The van der Waals surface area contributed by atoms with E-state index in [9.17, 15) is 0 Å². The van der Waals surface area contributed by atoms with Gasteiger partial charge in [-0.3, -0.25) is 0 Å². The van der Waals surface area contributed by atoms with Crippen LogP contribution in [-0.2, 0) is 17.4 Å². The molecule has 0 saturated heterocycles. The second-order valence-corrected chi connectivity index (χ2v) is 35.7. The van der Waals surface area contributed by atoms with E-state index >= 15 is 0 Å². The molecule has 0 spiro atoms. The summed E-state index contributed by atoms with van der Waals surface area (Å²) < 4.78 is 8.85. The molecule has 0 radical (unpaired) electrons. The molecule has 0 aliphatic heterocycles. The third-order valence-corrected chi connectivity index (χ3v) is 22.5. The van der Waals surface area contributed by atoms with Crippen molar-refractivity contribution in [1.82, 2.24) is 0 Å². The maximum absolute atomic E-state index is 2.86. The van der Waals surface area contributed by atoms with Crippen molar-refractivity contribution in [2.75, 3.05) is 0 Å². The van der Waals surface area contributed by atoms with E-state index in [0.717, 1.165) is 0 Å². The van der Waals surface area contributed by atoms with Crippen molar-refractivity contribution >= 4 is 31.7 Å². The van der Waals surface area contributed by atoms with Crippen molar-refractivity contribution in [3.8, 4) is 0 Å². The summed E-state index contributed by atoms with van der Waals surface area (Å²) in [6.07, 6.45) is 8.19. The second kappa shape index (κ2) is 6.41. The zero-order valence-electron chi connectivity index (χ0n) is 13.5. The number of hydrogen-bond acceptors (Lipinski definition) is 0. The summed E-state index contributed by atoms with van der Waals surface area (Å²) in [6, 6.07) is 0. The van der Waals surface area contributed by atoms with Crippen LogP contribution in [0.25, 0.3) is 0 Å². The van der Waals surface area contributed by atoms with Crippen molar-refractivity contribution in [2.45, 2.75) is 43.4 Å². The van der Waals surface area contributed by atoms with Crippen LogP contribution in [0.2, 0.25) is 9.26 Å². The van der Waals surface area contributed by atoms with E-state index in [1.807, 2.05) is 3.28 Å². The Morgan fingerprint density at radius 1 is 1.10 bits per heavy atom. The summed E-state index contributed by atoms with van der Waals surface area (Å²) in [5.74, 6) is 0.671. The van der Waals surface area contributed by atoms with Gasteiger partial charge in [0, 0.05) is 0 Å². The Morgan fingerprint density at radius 2 is 1.65 bits per heavy atom. The quantitative estimate of drug-likeness (QED) is 0.544. The molecule has 2 aliphatic carbocycles. The predicted molar refractivity (Wildman–Crippen MR) is 96.8 cm³/mol. The molecule has 0 saturated carbocycles. The molecule has 114 valence electrons. The van der Waals surface area contributed by atoms with E-state index in [2.05, 4.69) is 62.1 Å². The molecule has 1 unspecified atom stereocenters. The zero-order valence-corrected chi connectivity index (χ0v) is 19.0. The average Bonchev–Trinajstić information content (AvgIpc) is 2.85. The summed E-state index contributed by atoms with van der Waals surface area (Å²) in [4.78, 5) is 0. The van der Waals surface area contributed by atoms with Crippen molar-refractivity contribution in [3.63, 3.8) is 0 Å². The molecule has 0 aromatic carbocycles. The summed E-state index contributed by atoms with van der Waals surface area (Å²) in [5.41, 5.74) is 4.77. The first-order valence-electron chi connectivity index (χ1n) is 6.98. The molecule has 0 amide bonds. The van der Waals surface area contributed by atoms with Gasteiger partial charge in [0.1, 0.15) is 0 Å². The first-order chi connectivity index (χ1) is 8.15. The summed E-state index contributed by atoms with van der Waals surface area (Å²) in [7, 11) is 0. The second-order valence-electron chi connectivity index (χ2n) is 7.08. The Bertz CT molecular complexity index is 600. The molecule has 0 aromatic heterocycles. The number of hydrogen-bond donors (Lipinski definition) is 0. The van der Waals surface area contributed by atoms with Gasteiger partial charge in [0.05, 0.1) is 0 Å². The molecule has 2 rings (SSSR count). The van der Waals surface area contributed by atoms with E-state index in [1.54, 1.807) is 20.0 Å². The van der Waals surface area contributed by atoms with Crippen LogP contribution in [0.5, 0.6) is 0 Å². The van der Waals surface area contributed by atoms with Gasteiger partial charge in [0.25, 0.3) is 0 Å². The number of rotatable bonds is 2. The Kier molecular flexibility index (Phi) is 6.61. The van der Waals surface area contributed by atoms with Crippen LogP contribution in [0.15, 0.2) is 41.5 Å². The zero-order chi connectivity index (χ0) is 13.7. The van der Waals surface area contributed by atoms with E-state index in [0.29, 0.717) is 5.92 Å². The van der Waals surface area contributed by atoms with Gasteiger partial charge in [-0.05, 0) is 0 Å². The fraction of sp³-hybridized carbons (Fsp3) is 0.500. The maximum Gasteiger partial charge on any atom is -0.147 e. The summed E-state index contributed by atoms with van der Waals surface area (Å²) >= 11 is -2.86. The Morgan fingerprint density at radius 3 is 2.00 bits per heavy atom. The monoisotopic (exact) mass is 408 g/mol. The van der Waals surface area contributed by atoms with E-state index in [-0.39, 0.29) is 24.8 Å². The van der Waals surface area contributed by atoms with Gasteiger partial charge < -0.3 is 0 Å². The van der Waals surface area contributed by atoms with Crippen molar-refractivity contribution in [2.24, 2.45) is 5.92 Å². The Hall–Kier alpha value is 0.640. The summed E-state index contributed by atoms with van der Waals surface area (Å²) in [5, 5.41) is 0. The predicted octanol–water partition coefficient (Wildman–Crippen LogP) is 5.27. The van der Waals surface area contributed by atoms with Gasteiger partial charge in [-0.25, -0.2) is 0 Å².